The highest BCUT2D eigenvalue weighted by Gasteiger charge is 2.04. The highest BCUT2D eigenvalue weighted by molar-refractivity contribution is 7.81. The third kappa shape index (κ3) is 5.99. The van der Waals surface area contributed by atoms with E-state index in [1.807, 2.05) is 24.3 Å². The molecule has 2 nitrogen and oxygen atoms in total. The van der Waals surface area contributed by atoms with E-state index in [4.69, 9.17) is 9.47 Å². The first-order valence-corrected chi connectivity index (χ1v) is 9.47. The van der Waals surface area contributed by atoms with Gasteiger partial charge in [-0.3, -0.25) is 0 Å². The second kappa shape index (κ2) is 9.90. The van der Waals surface area contributed by atoms with Crippen LogP contribution in [0.1, 0.15) is 26.7 Å². The average molecular weight is 363 g/mol. The first kappa shape index (κ1) is 19.1. The van der Waals surface area contributed by atoms with Crippen LogP contribution in [0.5, 0.6) is 11.5 Å². The van der Waals surface area contributed by atoms with E-state index in [0.717, 1.165) is 35.5 Å². The molecule has 2 unspecified atom stereocenters. The van der Waals surface area contributed by atoms with Gasteiger partial charge in [-0.15, -0.1) is 0 Å². The molecule has 0 aliphatic carbocycles. The zero-order valence-electron chi connectivity index (χ0n) is 14.3. The lowest BCUT2D eigenvalue weighted by molar-refractivity contribution is 0.315. The van der Waals surface area contributed by atoms with Crippen molar-refractivity contribution in [1.29, 1.82) is 0 Å². The number of hydrogen-bond acceptors (Lipinski definition) is 4. The molecular weight excluding hydrogens is 336 g/mol. The van der Waals surface area contributed by atoms with Gasteiger partial charge in [0.05, 0.1) is 13.2 Å². The smallest absolute Gasteiger partial charge is 0.119 e. The molecule has 0 radical (unpaired) electrons. The van der Waals surface area contributed by atoms with E-state index >= 15 is 0 Å². The zero-order valence-corrected chi connectivity index (χ0v) is 16.1. The van der Waals surface area contributed by atoms with Gasteiger partial charge in [0.2, 0.25) is 0 Å². The van der Waals surface area contributed by atoms with Gasteiger partial charge in [-0.05, 0) is 48.2 Å². The Labute approximate surface area is 156 Å². The van der Waals surface area contributed by atoms with Crippen LogP contribution in [0.2, 0.25) is 0 Å². The molecule has 0 aromatic heterocycles. The maximum atomic E-state index is 5.73. The number of hydrogen-bond donors (Lipinski definition) is 2. The predicted octanol–water partition coefficient (Wildman–Crippen LogP) is 5.53. The van der Waals surface area contributed by atoms with Crippen LogP contribution in [0.3, 0.4) is 0 Å². The summed E-state index contributed by atoms with van der Waals surface area (Å²) in [6, 6.07) is 16.3. The van der Waals surface area contributed by atoms with Crippen molar-refractivity contribution in [1.82, 2.24) is 0 Å². The van der Waals surface area contributed by atoms with E-state index in [1.165, 1.54) is 0 Å². The molecule has 0 saturated heterocycles. The normalized spacial score (nSPS) is 13.3. The van der Waals surface area contributed by atoms with E-state index < -0.39 is 0 Å². The highest BCUT2D eigenvalue weighted by atomic mass is 32.1. The molecule has 0 aliphatic heterocycles. The second-order valence-electron chi connectivity index (χ2n) is 5.79. The molecule has 0 bridgehead atoms. The lowest BCUT2D eigenvalue weighted by atomic mass is 10.1. The number of thiol groups is 2. The first-order chi connectivity index (χ1) is 11.6. The van der Waals surface area contributed by atoms with Crippen LogP contribution in [0.25, 0.3) is 11.1 Å². The van der Waals surface area contributed by atoms with Gasteiger partial charge in [0.15, 0.2) is 0 Å². The van der Waals surface area contributed by atoms with Crippen LogP contribution < -0.4 is 9.47 Å². The largest absolute Gasteiger partial charge is 0.492 e. The van der Waals surface area contributed by atoms with Crippen molar-refractivity contribution in [3.8, 4) is 22.6 Å². The van der Waals surface area contributed by atoms with E-state index in [9.17, 15) is 0 Å². The van der Waals surface area contributed by atoms with Gasteiger partial charge in [0, 0.05) is 10.5 Å². The fourth-order valence-electron chi connectivity index (χ4n) is 2.11. The highest BCUT2D eigenvalue weighted by Crippen LogP contribution is 2.25. The van der Waals surface area contributed by atoms with Crippen LogP contribution in [0.15, 0.2) is 48.5 Å². The maximum absolute atomic E-state index is 5.73. The molecule has 2 rings (SSSR count). The lowest BCUT2D eigenvalue weighted by Crippen LogP contribution is -2.10. The van der Waals surface area contributed by atoms with Crippen molar-refractivity contribution in [2.45, 2.75) is 37.2 Å². The molecule has 24 heavy (non-hydrogen) atoms. The summed E-state index contributed by atoms with van der Waals surface area (Å²) in [5.41, 5.74) is 2.32. The minimum Gasteiger partial charge on any atom is -0.492 e. The Kier molecular flexibility index (Phi) is 7.86. The monoisotopic (exact) mass is 362 g/mol. The summed E-state index contributed by atoms with van der Waals surface area (Å²) in [6.45, 7) is 5.48. The van der Waals surface area contributed by atoms with Gasteiger partial charge < -0.3 is 9.47 Å². The summed E-state index contributed by atoms with van der Waals surface area (Å²) < 4.78 is 11.5. The topological polar surface area (TPSA) is 18.5 Å². The zero-order chi connectivity index (χ0) is 17.4. The van der Waals surface area contributed by atoms with Crippen LogP contribution in [0, 0.1) is 0 Å². The third-order valence-electron chi connectivity index (χ3n) is 3.87. The fraction of sp³-hybridized carbons (Fsp3) is 0.400. The van der Waals surface area contributed by atoms with Crippen LogP contribution >= 0.6 is 25.3 Å². The van der Waals surface area contributed by atoms with Crippen LogP contribution in [-0.4, -0.2) is 23.7 Å². The van der Waals surface area contributed by atoms with Crippen molar-refractivity contribution < 1.29 is 9.47 Å². The Morgan fingerprint density at radius 2 is 1.00 bits per heavy atom. The maximum Gasteiger partial charge on any atom is 0.119 e. The molecule has 0 spiro atoms. The Morgan fingerprint density at radius 1 is 0.667 bits per heavy atom. The Morgan fingerprint density at radius 3 is 1.29 bits per heavy atom. The number of benzene rings is 2. The van der Waals surface area contributed by atoms with Crippen molar-refractivity contribution in [2.24, 2.45) is 0 Å². The molecule has 130 valence electrons. The van der Waals surface area contributed by atoms with E-state index in [-0.39, 0.29) is 10.5 Å². The first-order valence-electron chi connectivity index (χ1n) is 8.44. The Hall–Kier alpha value is -1.26. The van der Waals surface area contributed by atoms with Gasteiger partial charge in [0.25, 0.3) is 0 Å². The van der Waals surface area contributed by atoms with Crippen molar-refractivity contribution in [2.75, 3.05) is 13.2 Å². The van der Waals surface area contributed by atoms with E-state index in [2.05, 4.69) is 63.4 Å². The number of ether oxygens (including phenoxy) is 2. The number of rotatable bonds is 9. The van der Waals surface area contributed by atoms with Crippen molar-refractivity contribution in [3.05, 3.63) is 48.5 Å². The third-order valence-corrected chi connectivity index (χ3v) is 4.90. The molecule has 0 amide bonds. The van der Waals surface area contributed by atoms with Gasteiger partial charge >= 0.3 is 0 Å². The summed E-state index contributed by atoms with van der Waals surface area (Å²) in [5, 5.41) is 0.559. The summed E-state index contributed by atoms with van der Waals surface area (Å²) in [4.78, 5) is 0. The van der Waals surface area contributed by atoms with Gasteiger partial charge in [0.1, 0.15) is 11.5 Å². The summed E-state index contributed by atoms with van der Waals surface area (Å²) in [7, 11) is 0. The standard InChI is InChI=1S/C20H26O2S2/c1-3-19(23)13-21-17-9-5-15(6-10-17)16-7-11-18(12-8-16)22-14-20(24)4-2/h5-12,19-20,23-24H,3-4,13-14H2,1-2H3. The molecule has 2 aromatic rings. The SMILES string of the molecule is CCC(S)COc1ccc(-c2ccc(OCC(S)CC)cc2)cc1. The predicted molar refractivity (Wildman–Crippen MR) is 109 cm³/mol. The van der Waals surface area contributed by atoms with Crippen molar-refractivity contribution in [3.63, 3.8) is 0 Å². The van der Waals surface area contributed by atoms with Gasteiger partial charge in [-0.1, -0.05) is 38.1 Å². The van der Waals surface area contributed by atoms with E-state index in [0.29, 0.717) is 13.2 Å². The molecule has 2 atom stereocenters. The summed E-state index contributed by atoms with van der Waals surface area (Å²) in [5.74, 6) is 1.76. The van der Waals surface area contributed by atoms with Crippen molar-refractivity contribution >= 4 is 25.3 Å². The molecule has 0 N–H and O–H groups in total. The molecule has 2 aromatic carbocycles. The summed E-state index contributed by atoms with van der Waals surface area (Å²) >= 11 is 8.88. The molecule has 0 aliphatic rings. The van der Waals surface area contributed by atoms with Crippen LogP contribution in [0.4, 0.5) is 0 Å². The quantitative estimate of drug-likeness (QED) is 0.572. The fourth-order valence-corrected chi connectivity index (χ4v) is 2.26. The van der Waals surface area contributed by atoms with E-state index in [1.54, 1.807) is 0 Å². The molecular formula is C20H26O2S2. The second-order valence-corrected chi connectivity index (χ2v) is 7.26. The Balaban J connectivity index is 1.93. The van der Waals surface area contributed by atoms with Gasteiger partial charge in [-0.25, -0.2) is 0 Å². The average Bonchev–Trinajstić information content (AvgIpc) is 2.65. The lowest BCUT2D eigenvalue weighted by Gasteiger charge is -2.12. The Bertz CT molecular complexity index is 541. The molecule has 0 heterocycles. The summed E-state index contributed by atoms with van der Waals surface area (Å²) in [6.07, 6.45) is 2.00. The van der Waals surface area contributed by atoms with Gasteiger partial charge in [-0.2, -0.15) is 25.3 Å². The minimum atomic E-state index is 0.279. The molecule has 0 fully saturated rings. The minimum absolute atomic E-state index is 0.279. The van der Waals surface area contributed by atoms with Crippen LogP contribution in [-0.2, 0) is 0 Å². The molecule has 0 saturated carbocycles. The molecule has 4 heteroatoms.